The average Bonchev–Trinajstić information content (AvgIpc) is 2.38. The molecule has 0 fully saturated rings. The number of hydrogen-bond acceptors (Lipinski definition) is 4. The third kappa shape index (κ3) is 3.06. The molecule has 2 rings (SSSR count). The Morgan fingerprint density at radius 1 is 1.22 bits per heavy atom. The molecule has 1 heterocycles. The van der Waals surface area contributed by atoms with Crippen LogP contribution < -0.4 is 10.2 Å². The van der Waals surface area contributed by atoms with E-state index in [-0.39, 0.29) is 17.9 Å². The average molecular weight is 247 g/mol. The molecule has 1 aromatic heterocycles. The summed E-state index contributed by atoms with van der Waals surface area (Å²) in [6.07, 6.45) is 2.74. The Morgan fingerprint density at radius 2 is 2.00 bits per heavy atom. The van der Waals surface area contributed by atoms with Gasteiger partial charge < -0.3 is 14.8 Å². The third-order valence-electron chi connectivity index (χ3n) is 2.38. The molecule has 0 aliphatic carbocycles. The van der Waals surface area contributed by atoms with Crippen molar-refractivity contribution in [2.75, 3.05) is 0 Å². The Hall–Kier alpha value is -1.92. The first kappa shape index (κ1) is 12.5. The lowest BCUT2D eigenvalue weighted by Gasteiger charge is -2.07. The van der Waals surface area contributed by atoms with Crippen molar-refractivity contribution in [3.05, 3.63) is 54.1 Å². The standard InChI is InChI=1S/C12H11BFNO3/c14-12-4-2-1-3-9(12)8-18-11-5-10(13(16)17)6-15-7-11/h1-7,16-17H,8H2. The second-order valence-electron chi connectivity index (χ2n) is 3.71. The van der Waals surface area contributed by atoms with Gasteiger partial charge in [-0.2, -0.15) is 0 Å². The summed E-state index contributed by atoms with van der Waals surface area (Å²) in [4.78, 5) is 3.80. The number of halogens is 1. The molecule has 2 aromatic rings. The maximum absolute atomic E-state index is 13.3. The van der Waals surface area contributed by atoms with Crippen molar-refractivity contribution in [1.29, 1.82) is 0 Å². The molecule has 0 amide bonds. The van der Waals surface area contributed by atoms with Crippen molar-refractivity contribution >= 4 is 12.6 Å². The van der Waals surface area contributed by atoms with Gasteiger partial charge in [0.15, 0.2) is 0 Å². The van der Waals surface area contributed by atoms with E-state index in [0.29, 0.717) is 11.3 Å². The number of aromatic nitrogens is 1. The smallest absolute Gasteiger partial charge is 0.487 e. The van der Waals surface area contributed by atoms with E-state index >= 15 is 0 Å². The van der Waals surface area contributed by atoms with Gasteiger partial charge in [0, 0.05) is 17.2 Å². The highest BCUT2D eigenvalue weighted by atomic mass is 19.1. The van der Waals surface area contributed by atoms with Crippen molar-refractivity contribution in [2.24, 2.45) is 0 Å². The molecule has 0 saturated carbocycles. The summed E-state index contributed by atoms with van der Waals surface area (Å²) in [6, 6.07) is 7.73. The van der Waals surface area contributed by atoms with Gasteiger partial charge in [-0.25, -0.2) is 4.39 Å². The van der Waals surface area contributed by atoms with Crippen molar-refractivity contribution < 1.29 is 19.2 Å². The van der Waals surface area contributed by atoms with Crippen LogP contribution in [0.2, 0.25) is 0 Å². The third-order valence-corrected chi connectivity index (χ3v) is 2.38. The van der Waals surface area contributed by atoms with E-state index in [9.17, 15) is 4.39 Å². The molecule has 4 nitrogen and oxygen atoms in total. The van der Waals surface area contributed by atoms with Gasteiger partial charge in [-0.15, -0.1) is 0 Å². The molecule has 0 bridgehead atoms. The molecule has 0 saturated heterocycles. The first-order valence-electron chi connectivity index (χ1n) is 5.34. The van der Waals surface area contributed by atoms with Crippen LogP contribution in [0.1, 0.15) is 5.56 Å². The number of rotatable bonds is 4. The number of pyridine rings is 1. The lowest BCUT2D eigenvalue weighted by molar-refractivity contribution is 0.298. The summed E-state index contributed by atoms with van der Waals surface area (Å²) in [6.45, 7) is 0.0549. The zero-order valence-electron chi connectivity index (χ0n) is 9.45. The maximum Gasteiger partial charge on any atom is 0.490 e. The van der Waals surface area contributed by atoms with Crippen LogP contribution in [0.3, 0.4) is 0 Å². The van der Waals surface area contributed by atoms with E-state index in [0.717, 1.165) is 0 Å². The summed E-state index contributed by atoms with van der Waals surface area (Å²) < 4.78 is 18.7. The number of hydrogen-bond donors (Lipinski definition) is 2. The number of ether oxygens (including phenoxy) is 1. The molecule has 1 aromatic carbocycles. The fourth-order valence-corrected chi connectivity index (χ4v) is 1.43. The van der Waals surface area contributed by atoms with Crippen LogP contribution in [-0.2, 0) is 6.61 Å². The Morgan fingerprint density at radius 3 is 2.72 bits per heavy atom. The van der Waals surface area contributed by atoms with Crippen LogP contribution in [0.5, 0.6) is 5.75 Å². The quantitative estimate of drug-likeness (QED) is 0.771. The van der Waals surface area contributed by atoms with E-state index in [1.54, 1.807) is 18.2 Å². The fraction of sp³-hybridized carbons (Fsp3) is 0.0833. The normalized spacial score (nSPS) is 10.2. The van der Waals surface area contributed by atoms with Gasteiger partial charge in [-0.3, -0.25) is 4.98 Å². The van der Waals surface area contributed by atoms with Crippen LogP contribution in [0.25, 0.3) is 0 Å². The molecule has 18 heavy (non-hydrogen) atoms. The van der Waals surface area contributed by atoms with Gasteiger partial charge in [-0.1, -0.05) is 18.2 Å². The topological polar surface area (TPSA) is 62.6 Å². The summed E-state index contributed by atoms with van der Waals surface area (Å²) in [5.74, 6) is 0.00709. The Balaban J connectivity index is 2.07. The van der Waals surface area contributed by atoms with Crippen LogP contribution in [0.4, 0.5) is 4.39 Å². The fourth-order valence-electron chi connectivity index (χ4n) is 1.43. The molecule has 2 N–H and O–H groups in total. The monoisotopic (exact) mass is 247 g/mol. The number of benzene rings is 1. The summed E-state index contributed by atoms with van der Waals surface area (Å²) >= 11 is 0. The summed E-state index contributed by atoms with van der Waals surface area (Å²) in [7, 11) is -1.60. The van der Waals surface area contributed by atoms with E-state index < -0.39 is 7.12 Å². The SMILES string of the molecule is OB(O)c1cncc(OCc2ccccc2F)c1. The molecular formula is C12H11BFNO3. The molecule has 0 aliphatic rings. The van der Waals surface area contributed by atoms with Gasteiger partial charge in [0.2, 0.25) is 0 Å². The first-order valence-corrected chi connectivity index (χ1v) is 5.34. The minimum atomic E-state index is -1.60. The molecule has 0 unspecified atom stereocenters. The molecule has 0 radical (unpaired) electrons. The van der Waals surface area contributed by atoms with Gasteiger partial charge >= 0.3 is 7.12 Å². The highest BCUT2D eigenvalue weighted by Crippen LogP contribution is 2.12. The van der Waals surface area contributed by atoms with E-state index in [2.05, 4.69) is 4.98 Å². The van der Waals surface area contributed by atoms with Crippen LogP contribution in [-0.4, -0.2) is 22.2 Å². The lowest BCUT2D eigenvalue weighted by atomic mass is 9.82. The van der Waals surface area contributed by atoms with Crippen molar-refractivity contribution in [3.8, 4) is 5.75 Å². The van der Waals surface area contributed by atoms with Crippen molar-refractivity contribution in [1.82, 2.24) is 4.98 Å². The van der Waals surface area contributed by atoms with Gasteiger partial charge in [0.05, 0.1) is 6.20 Å². The molecular weight excluding hydrogens is 236 g/mol. The predicted molar refractivity (Wildman–Crippen MR) is 64.8 cm³/mol. The van der Waals surface area contributed by atoms with Crippen molar-refractivity contribution in [2.45, 2.75) is 6.61 Å². The van der Waals surface area contributed by atoms with E-state index in [4.69, 9.17) is 14.8 Å². The maximum atomic E-state index is 13.3. The van der Waals surface area contributed by atoms with Gasteiger partial charge in [0.1, 0.15) is 18.2 Å². The number of nitrogens with zero attached hydrogens (tertiary/aromatic N) is 1. The molecule has 6 heteroatoms. The minimum Gasteiger partial charge on any atom is -0.487 e. The summed E-state index contributed by atoms with van der Waals surface area (Å²) in [5, 5.41) is 18.0. The van der Waals surface area contributed by atoms with Crippen LogP contribution >= 0.6 is 0 Å². The molecule has 92 valence electrons. The Kier molecular flexibility index (Phi) is 3.91. The van der Waals surface area contributed by atoms with Crippen molar-refractivity contribution in [3.63, 3.8) is 0 Å². The predicted octanol–water partition coefficient (Wildman–Crippen LogP) is 0.479. The van der Waals surface area contributed by atoms with Gasteiger partial charge in [-0.05, 0) is 12.1 Å². The summed E-state index contributed by atoms with van der Waals surface area (Å²) in [5.41, 5.74) is 0.647. The minimum absolute atomic E-state index is 0.0549. The molecule has 0 spiro atoms. The van der Waals surface area contributed by atoms with E-state index in [1.807, 2.05) is 0 Å². The Bertz CT molecular complexity index is 536. The zero-order valence-corrected chi connectivity index (χ0v) is 9.45. The second-order valence-corrected chi connectivity index (χ2v) is 3.71. The Labute approximate surface area is 104 Å². The second kappa shape index (κ2) is 5.62. The van der Waals surface area contributed by atoms with E-state index in [1.165, 1.54) is 24.5 Å². The van der Waals surface area contributed by atoms with Gasteiger partial charge in [0.25, 0.3) is 0 Å². The highest BCUT2D eigenvalue weighted by molar-refractivity contribution is 6.58. The first-order chi connectivity index (χ1) is 8.66. The van der Waals surface area contributed by atoms with Crippen LogP contribution in [0.15, 0.2) is 42.7 Å². The zero-order chi connectivity index (χ0) is 13.0. The largest absolute Gasteiger partial charge is 0.490 e. The molecule has 0 atom stereocenters. The van der Waals surface area contributed by atoms with Crippen LogP contribution in [0, 0.1) is 5.82 Å². The molecule has 0 aliphatic heterocycles. The highest BCUT2D eigenvalue weighted by Gasteiger charge is 2.12. The lowest BCUT2D eigenvalue weighted by Crippen LogP contribution is -2.30.